The van der Waals surface area contributed by atoms with Gasteiger partial charge in [-0.1, -0.05) is 18.5 Å². The van der Waals surface area contributed by atoms with Crippen LogP contribution in [0.4, 0.5) is 22.4 Å². The Hall–Kier alpha value is -2.32. The Morgan fingerprint density at radius 2 is 1.68 bits per heavy atom. The molecule has 0 saturated heterocycles. The maximum absolute atomic E-state index is 11.7. The Balaban J connectivity index is 1.74. The van der Waals surface area contributed by atoms with Crippen molar-refractivity contribution in [2.45, 2.75) is 13.3 Å². The van der Waals surface area contributed by atoms with Crippen molar-refractivity contribution in [3.05, 3.63) is 34.6 Å². The lowest BCUT2D eigenvalue weighted by molar-refractivity contribution is 0.166. The van der Waals surface area contributed by atoms with Gasteiger partial charge in [-0.25, -0.2) is 4.79 Å². The third-order valence-corrected chi connectivity index (χ3v) is 3.27. The van der Waals surface area contributed by atoms with E-state index in [9.17, 15) is 4.79 Å². The second kappa shape index (κ2) is 9.85. The van der Waals surface area contributed by atoms with E-state index in [1.165, 1.54) is 0 Å². The van der Waals surface area contributed by atoms with Crippen molar-refractivity contribution in [1.29, 1.82) is 0 Å². The predicted octanol–water partition coefficient (Wildman–Crippen LogP) is 3.66. The largest absolute Gasteiger partial charge is 0.447 e. The number of nitrogens with one attached hydrogen (secondary N) is 3. The summed E-state index contributed by atoms with van der Waals surface area (Å²) in [7, 11) is 0. The second-order valence-electron chi connectivity index (χ2n) is 4.87. The molecule has 134 valence electrons. The monoisotopic (exact) mass is 384 g/mol. The summed E-state index contributed by atoms with van der Waals surface area (Å²) in [5.74, 6) is 0.700. The summed E-state index contributed by atoms with van der Waals surface area (Å²) in [6.07, 6.45) is 0.367. The lowest BCUT2D eigenvalue weighted by atomic mass is 10.3. The molecule has 0 fully saturated rings. The summed E-state index contributed by atoms with van der Waals surface area (Å²) in [5.41, 5.74) is 0.596. The fourth-order valence-corrected chi connectivity index (χ4v) is 2.02. The van der Waals surface area contributed by atoms with E-state index in [4.69, 9.17) is 27.9 Å². The van der Waals surface area contributed by atoms with Gasteiger partial charge < -0.3 is 15.4 Å². The molecule has 10 heteroatoms. The molecule has 0 unspecified atom stereocenters. The Kier molecular flexibility index (Phi) is 7.49. The number of carbonyl (C=O) groups is 1. The van der Waals surface area contributed by atoms with Gasteiger partial charge in [-0.05, 0) is 42.3 Å². The van der Waals surface area contributed by atoms with Crippen molar-refractivity contribution in [2.75, 3.05) is 35.6 Å². The zero-order valence-electron chi connectivity index (χ0n) is 13.6. The van der Waals surface area contributed by atoms with Crippen LogP contribution in [0.2, 0.25) is 10.3 Å². The third kappa shape index (κ3) is 6.98. The van der Waals surface area contributed by atoms with Crippen LogP contribution in [-0.2, 0) is 4.74 Å². The number of rotatable bonds is 8. The maximum Gasteiger partial charge on any atom is 0.411 e. The summed E-state index contributed by atoms with van der Waals surface area (Å²) in [6, 6.07) is 6.71. The highest BCUT2D eigenvalue weighted by Crippen LogP contribution is 2.13. The maximum atomic E-state index is 11.7. The molecule has 2 rings (SSSR count). The van der Waals surface area contributed by atoms with E-state index in [2.05, 4.69) is 30.9 Å². The lowest BCUT2D eigenvalue weighted by Crippen LogP contribution is -2.19. The molecule has 1 aromatic carbocycles. The molecular formula is C15H18Cl2N6O2. The molecule has 25 heavy (non-hydrogen) atoms. The fourth-order valence-electron chi connectivity index (χ4n) is 1.74. The molecule has 0 bridgehead atoms. The standard InChI is InChI=1S/C15H18Cl2N6O2/c1-2-7-18-13-21-12(17)22-14(23-13)19-8-9-25-15(24)20-11-5-3-10(16)4-6-11/h3-6H,2,7-9H2,1H3,(H,20,24)(H2,18,19,21,22,23). The number of anilines is 3. The van der Waals surface area contributed by atoms with Gasteiger partial charge in [0.25, 0.3) is 0 Å². The van der Waals surface area contributed by atoms with Crippen molar-refractivity contribution in [2.24, 2.45) is 0 Å². The molecular weight excluding hydrogens is 367 g/mol. The van der Waals surface area contributed by atoms with Crippen LogP contribution >= 0.6 is 23.2 Å². The SMILES string of the molecule is CCCNc1nc(Cl)nc(NCCOC(=O)Nc2ccc(Cl)cc2)n1. The van der Waals surface area contributed by atoms with Gasteiger partial charge >= 0.3 is 6.09 Å². The molecule has 0 spiro atoms. The summed E-state index contributed by atoms with van der Waals surface area (Å²) in [6.45, 7) is 3.21. The lowest BCUT2D eigenvalue weighted by Gasteiger charge is -2.09. The Morgan fingerprint density at radius 1 is 1.04 bits per heavy atom. The van der Waals surface area contributed by atoms with Gasteiger partial charge in [0.05, 0.1) is 6.54 Å². The Labute approximate surface area is 155 Å². The van der Waals surface area contributed by atoms with Gasteiger partial charge in [0.2, 0.25) is 17.2 Å². The number of benzene rings is 1. The van der Waals surface area contributed by atoms with E-state index in [-0.39, 0.29) is 11.9 Å². The first-order valence-corrected chi connectivity index (χ1v) is 8.41. The molecule has 0 saturated carbocycles. The highest BCUT2D eigenvalue weighted by Gasteiger charge is 2.06. The summed E-state index contributed by atoms with van der Waals surface area (Å²) in [4.78, 5) is 23.8. The molecule has 1 aromatic heterocycles. The molecule has 0 aliphatic rings. The number of hydrogen-bond acceptors (Lipinski definition) is 7. The van der Waals surface area contributed by atoms with Crippen LogP contribution in [0.1, 0.15) is 13.3 Å². The minimum atomic E-state index is -0.567. The van der Waals surface area contributed by atoms with Crippen LogP contribution in [-0.4, -0.2) is 40.7 Å². The van der Waals surface area contributed by atoms with Crippen LogP contribution in [0.5, 0.6) is 0 Å². The molecule has 0 atom stereocenters. The van der Waals surface area contributed by atoms with Crippen LogP contribution < -0.4 is 16.0 Å². The first kappa shape index (κ1) is 19.0. The minimum absolute atomic E-state index is 0.0810. The number of aromatic nitrogens is 3. The number of hydrogen-bond donors (Lipinski definition) is 3. The average molecular weight is 385 g/mol. The van der Waals surface area contributed by atoms with Crippen molar-refractivity contribution >= 4 is 46.9 Å². The number of amides is 1. The van der Waals surface area contributed by atoms with E-state index in [0.717, 1.165) is 13.0 Å². The topological polar surface area (TPSA) is 101 Å². The van der Waals surface area contributed by atoms with E-state index in [1.54, 1.807) is 24.3 Å². The zero-order valence-corrected chi connectivity index (χ0v) is 15.1. The van der Waals surface area contributed by atoms with Gasteiger partial charge in [0.15, 0.2) is 0 Å². The second-order valence-corrected chi connectivity index (χ2v) is 5.65. The molecule has 0 aliphatic carbocycles. The molecule has 1 heterocycles. The van der Waals surface area contributed by atoms with Crippen molar-refractivity contribution in [3.63, 3.8) is 0 Å². The highest BCUT2D eigenvalue weighted by molar-refractivity contribution is 6.30. The van der Waals surface area contributed by atoms with E-state index in [0.29, 0.717) is 29.2 Å². The number of halogens is 2. The zero-order chi connectivity index (χ0) is 18.1. The molecule has 1 amide bonds. The van der Waals surface area contributed by atoms with Crippen molar-refractivity contribution < 1.29 is 9.53 Å². The first-order valence-electron chi connectivity index (χ1n) is 7.65. The van der Waals surface area contributed by atoms with Gasteiger partial charge in [0.1, 0.15) is 6.61 Å². The molecule has 3 N–H and O–H groups in total. The van der Waals surface area contributed by atoms with Crippen LogP contribution in [0.15, 0.2) is 24.3 Å². The smallest absolute Gasteiger partial charge is 0.411 e. The van der Waals surface area contributed by atoms with Gasteiger partial charge in [-0.2, -0.15) is 15.0 Å². The van der Waals surface area contributed by atoms with Crippen LogP contribution in [0.25, 0.3) is 0 Å². The minimum Gasteiger partial charge on any atom is -0.447 e. The van der Waals surface area contributed by atoms with Crippen LogP contribution in [0, 0.1) is 0 Å². The number of nitrogens with zero attached hydrogens (tertiary/aromatic N) is 3. The quantitative estimate of drug-likeness (QED) is 0.596. The van der Waals surface area contributed by atoms with E-state index < -0.39 is 6.09 Å². The van der Waals surface area contributed by atoms with Crippen molar-refractivity contribution in [3.8, 4) is 0 Å². The van der Waals surface area contributed by atoms with Crippen LogP contribution in [0.3, 0.4) is 0 Å². The number of ether oxygens (including phenoxy) is 1. The Morgan fingerprint density at radius 3 is 2.32 bits per heavy atom. The van der Waals surface area contributed by atoms with E-state index >= 15 is 0 Å². The first-order chi connectivity index (χ1) is 12.1. The van der Waals surface area contributed by atoms with E-state index in [1.807, 2.05) is 6.92 Å². The molecule has 8 nitrogen and oxygen atoms in total. The van der Waals surface area contributed by atoms with Gasteiger partial charge in [0, 0.05) is 17.3 Å². The normalized spacial score (nSPS) is 10.2. The third-order valence-electron chi connectivity index (χ3n) is 2.85. The number of carbonyl (C=O) groups excluding carboxylic acids is 1. The summed E-state index contributed by atoms with van der Waals surface area (Å²) < 4.78 is 5.06. The average Bonchev–Trinajstić information content (AvgIpc) is 2.58. The van der Waals surface area contributed by atoms with Gasteiger partial charge in [-0.15, -0.1) is 0 Å². The predicted molar refractivity (Wildman–Crippen MR) is 98.5 cm³/mol. The summed E-state index contributed by atoms with van der Waals surface area (Å²) in [5, 5.41) is 9.20. The molecule has 2 aromatic rings. The summed E-state index contributed by atoms with van der Waals surface area (Å²) >= 11 is 11.6. The van der Waals surface area contributed by atoms with Crippen molar-refractivity contribution in [1.82, 2.24) is 15.0 Å². The fraction of sp³-hybridized carbons (Fsp3) is 0.333. The molecule has 0 aliphatic heterocycles. The molecule has 0 radical (unpaired) electrons. The Bertz CT molecular complexity index is 699. The highest BCUT2D eigenvalue weighted by atomic mass is 35.5. The van der Waals surface area contributed by atoms with Gasteiger partial charge in [-0.3, -0.25) is 5.32 Å².